The minimum Gasteiger partial charge on any atom is -0.393 e. The summed E-state index contributed by atoms with van der Waals surface area (Å²) in [5.41, 5.74) is 2.42. The van der Waals surface area contributed by atoms with Crippen molar-refractivity contribution in [3.8, 4) is 0 Å². The van der Waals surface area contributed by atoms with E-state index in [0.29, 0.717) is 22.5 Å². The standard InChI is InChI=1S/C29H48O2/c1-18(2)23(20(4)30)9-7-19(3)25-11-12-26-24-10-8-21-17-22(31)13-15-28(21,5)27(24)14-16-29(25,26)6/h8,18-19,22-27,31H,7,9-17H2,1-6H3/t19-,22+,23-,24?,25-,26?,27?,28+,29-/m1/s1. The van der Waals surface area contributed by atoms with Crippen LogP contribution in [0.1, 0.15) is 106 Å². The SMILES string of the molecule is CC(=O)[C@H](CC[C@@H](C)[C@H]1CCC2C3CC=C4C[C@@H](O)CC[C@]4(C)C3CC[C@@]21C)C(C)C. The van der Waals surface area contributed by atoms with Crippen LogP contribution in [0.25, 0.3) is 0 Å². The van der Waals surface area contributed by atoms with Crippen LogP contribution in [0.2, 0.25) is 0 Å². The van der Waals surface area contributed by atoms with Crippen molar-refractivity contribution in [3.05, 3.63) is 11.6 Å². The second kappa shape index (κ2) is 8.62. The van der Waals surface area contributed by atoms with Crippen molar-refractivity contribution in [1.29, 1.82) is 0 Å². The summed E-state index contributed by atoms with van der Waals surface area (Å²) >= 11 is 0. The van der Waals surface area contributed by atoms with Crippen LogP contribution in [0, 0.1) is 52.3 Å². The number of allylic oxidation sites excluding steroid dienone is 1. The van der Waals surface area contributed by atoms with Gasteiger partial charge >= 0.3 is 0 Å². The van der Waals surface area contributed by atoms with E-state index in [2.05, 4.69) is 40.7 Å². The first kappa shape index (κ1) is 23.5. The van der Waals surface area contributed by atoms with Gasteiger partial charge in [-0.3, -0.25) is 4.79 Å². The van der Waals surface area contributed by atoms with E-state index in [9.17, 15) is 9.90 Å². The van der Waals surface area contributed by atoms with Gasteiger partial charge in [-0.2, -0.15) is 0 Å². The number of hydrogen-bond acceptors (Lipinski definition) is 2. The molecule has 31 heavy (non-hydrogen) atoms. The van der Waals surface area contributed by atoms with Gasteiger partial charge in [0.05, 0.1) is 6.10 Å². The van der Waals surface area contributed by atoms with Crippen LogP contribution < -0.4 is 0 Å². The summed E-state index contributed by atoms with van der Waals surface area (Å²) in [5.74, 6) is 5.18. The molecule has 2 heteroatoms. The molecule has 3 saturated carbocycles. The number of ketones is 1. The minimum atomic E-state index is -0.105. The summed E-state index contributed by atoms with van der Waals surface area (Å²) in [6.45, 7) is 13.9. The number of hydrogen-bond donors (Lipinski definition) is 1. The lowest BCUT2D eigenvalue weighted by molar-refractivity contribution is -0.122. The lowest BCUT2D eigenvalue weighted by atomic mass is 9.47. The van der Waals surface area contributed by atoms with Gasteiger partial charge in [0, 0.05) is 5.92 Å². The highest BCUT2D eigenvalue weighted by molar-refractivity contribution is 5.78. The van der Waals surface area contributed by atoms with Crippen LogP contribution in [-0.4, -0.2) is 17.0 Å². The quantitative estimate of drug-likeness (QED) is 0.454. The number of aliphatic hydroxyl groups excluding tert-OH is 1. The van der Waals surface area contributed by atoms with Gasteiger partial charge in [0.25, 0.3) is 0 Å². The Morgan fingerprint density at radius 1 is 1.06 bits per heavy atom. The fraction of sp³-hybridized carbons (Fsp3) is 0.897. The predicted octanol–water partition coefficient (Wildman–Crippen LogP) is 7.20. The van der Waals surface area contributed by atoms with E-state index in [0.717, 1.165) is 48.9 Å². The molecule has 1 N–H and O–H groups in total. The Balaban J connectivity index is 1.47. The van der Waals surface area contributed by atoms with Gasteiger partial charge in [0.1, 0.15) is 5.78 Å². The molecule has 9 atom stereocenters. The normalized spacial score (nSPS) is 44.1. The van der Waals surface area contributed by atoms with Crippen LogP contribution in [0.15, 0.2) is 11.6 Å². The second-order valence-electron chi connectivity index (χ2n) is 12.9. The highest BCUT2D eigenvalue weighted by Gasteiger charge is 2.59. The zero-order valence-corrected chi connectivity index (χ0v) is 21.1. The number of fused-ring (bicyclic) bond motifs is 5. The smallest absolute Gasteiger partial charge is 0.133 e. The Hall–Kier alpha value is -0.630. The van der Waals surface area contributed by atoms with Gasteiger partial charge < -0.3 is 5.11 Å². The number of carbonyl (C=O) groups excluding carboxylic acids is 1. The zero-order chi connectivity index (χ0) is 22.6. The van der Waals surface area contributed by atoms with Gasteiger partial charge in [0.2, 0.25) is 0 Å². The molecule has 0 aromatic heterocycles. The van der Waals surface area contributed by atoms with Gasteiger partial charge in [-0.15, -0.1) is 0 Å². The van der Waals surface area contributed by atoms with Crippen LogP contribution in [0.5, 0.6) is 0 Å². The van der Waals surface area contributed by atoms with E-state index >= 15 is 0 Å². The first-order valence-electron chi connectivity index (χ1n) is 13.5. The molecule has 4 rings (SSSR count). The third kappa shape index (κ3) is 3.98. The monoisotopic (exact) mass is 428 g/mol. The largest absolute Gasteiger partial charge is 0.393 e. The highest BCUT2D eigenvalue weighted by atomic mass is 16.3. The molecule has 4 aliphatic rings. The number of aliphatic hydroxyl groups is 1. The Morgan fingerprint density at radius 3 is 2.48 bits per heavy atom. The van der Waals surface area contributed by atoms with Crippen molar-refractivity contribution in [3.63, 3.8) is 0 Å². The number of carbonyl (C=O) groups is 1. The molecule has 176 valence electrons. The summed E-state index contributed by atoms with van der Waals surface area (Å²) in [5, 5.41) is 10.2. The molecule has 0 radical (unpaired) electrons. The van der Waals surface area contributed by atoms with E-state index in [1.54, 1.807) is 12.5 Å². The maximum Gasteiger partial charge on any atom is 0.133 e. The summed E-state index contributed by atoms with van der Waals surface area (Å²) in [4.78, 5) is 12.1. The molecule has 0 aliphatic heterocycles. The van der Waals surface area contributed by atoms with E-state index in [-0.39, 0.29) is 12.0 Å². The molecule has 0 bridgehead atoms. The summed E-state index contributed by atoms with van der Waals surface area (Å²) in [6.07, 6.45) is 14.7. The van der Waals surface area contributed by atoms with Crippen molar-refractivity contribution in [2.24, 2.45) is 52.3 Å². The van der Waals surface area contributed by atoms with Crippen LogP contribution in [0.4, 0.5) is 0 Å². The molecule has 2 nitrogen and oxygen atoms in total. The molecule has 4 aliphatic carbocycles. The van der Waals surface area contributed by atoms with Crippen LogP contribution in [-0.2, 0) is 4.79 Å². The Bertz CT molecular complexity index is 708. The first-order chi connectivity index (χ1) is 14.6. The summed E-state index contributed by atoms with van der Waals surface area (Å²) in [6, 6.07) is 0. The third-order valence-corrected chi connectivity index (χ3v) is 11.1. The van der Waals surface area contributed by atoms with Gasteiger partial charge in [-0.1, -0.05) is 46.3 Å². The topological polar surface area (TPSA) is 37.3 Å². The number of Topliss-reactive ketones (excluding diaryl/α,β-unsaturated/α-hetero) is 1. The molecule has 0 aromatic carbocycles. The molecule has 0 heterocycles. The van der Waals surface area contributed by atoms with Crippen molar-refractivity contribution >= 4 is 5.78 Å². The predicted molar refractivity (Wildman–Crippen MR) is 129 cm³/mol. The molecule has 3 unspecified atom stereocenters. The Morgan fingerprint density at radius 2 is 1.81 bits per heavy atom. The second-order valence-corrected chi connectivity index (χ2v) is 12.9. The highest BCUT2D eigenvalue weighted by Crippen LogP contribution is 2.67. The third-order valence-electron chi connectivity index (χ3n) is 11.1. The molecule has 0 amide bonds. The fourth-order valence-corrected chi connectivity index (χ4v) is 9.27. The van der Waals surface area contributed by atoms with E-state index < -0.39 is 0 Å². The average molecular weight is 429 g/mol. The lowest BCUT2D eigenvalue weighted by Gasteiger charge is -2.58. The molecular weight excluding hydrogens is 380 g/mol. The van der Waals surface area contributed by atoms with Gasteiger partial charge in [0.15, 0.2) is 0 Å². The summed E-state index contributed by atoms with van der Waals surface area (Å²) < 4.78 is 0. The molecule has 3 fully saturated rings. The molecule has 0 saturated heterocycles. The van der Waals surface area contributed by atoms with Crippen molar-refractivity contribution in [2.45, 2.75) is 112 Å². The van der Waals surface area contributed by atoms with E-state index in [1.807, 2.05) is 0 Å². The minimum absolute atomic E-state index is 0.105. The Kier molecular flexibility index (Phi) is 6.54. The summed E-state index contributed by atoms with van der Waals surface area (Å²) in [7, 11) is 0. The van der Waals surface area contributed by atoms with Crippen molar-refractivity contribution in [2.75, 3.05) is 0 Å². The number of rotatable bonds is 6. The van der Waals surface area contributed by atoms with Gasteiger partial charge in [-0.05, 0) is 117 Å². The first-order valence-corrected chi connectivity index (χ1v) is 13.5. The maximum atomic E-state index is 12.1. The van der Waals surface area contributed by atoms with Crippen molar-refractivity contribution in [1.82, 2.24) is 0 Å². The van der Waals surface area contributed by atoms with Gasteiger partial charge in [-0.25, -0.2) is 0 Å². The van der Waals surface area contributed by atoms with Crippen LogP contribution in [0.3, 0.4) is 0 Å². The van der Waals surface area contributed by atoms with Crippen LogP contribution >= 0.6 is 0 Å². The zero-order valence-electron chi connectivity index (χ0n) is 21.1. The average Bonchev–Trinajstić information content (AvgIpc) is 3.05. The van der Waals surface area contributed by atoms with E-state index in [1.165, 1.54) is 44.9 Å². The maximum absolute atomic E-state index is 12.1. The van der Waals surface area contributed by atoms with E-state index in [4.69, 9.17) is 0 Å². The van der Waals surface area contributed by atoms with Crippen molar-refractivity contribution < 1.29 is 9.90 Å². The molecular formula is C29H48O2. The molecule has 0 aromatic rings. The molecule has 0 spiro atoms. The fourth-order valence-electron chi connectivity index (χ4n) is 9.27. The Labute approximate surface area is 191 Å². The lowest BCUT2D eigenvalue weighted by Crippen LogP contribution is -2.50.